The molecule has 0 unspecified atom stereocenters. The fourth-order valence-electron chi connectivity index (χ4n) is 2.42. The maximum absolute atomic E-state index is 12.8. The molecule has 0 bridgehead atoms. The molecule has 1 amide bonds. The largest absolute Gasteiger partial charge is 0.496 e. The number of methoxy groups -OCH3 is 1. The summed E-state index contributed by atoms with van der Waals surface area (Å²) in [6.07, 6.45) is 0. The Hall–Kier alpha value is -2.54. The van der Waals surface area contributed by atoms with Crippen LogP contribution in [0.25, 0.3) is 0 Å². The third-order valence-electron chi connectivity index (χ3n) is 3.78. The lowest BCUT2D eigenvalue weighted by molar-refractivity contribution is 0.0940. The first kappa shape index (κ1) is 19.8. The van der Waals surface area contributed by atoms with Gasteiger partial charge in [0, 0.05) is 6.04 Å². The maximum Gasteiger partial charge on any atom is 0.261 e. The first-order valence-electron chi connectivity index (χ1n) is 8.23. The van der Waals surface area contributed by atoms with Gasteiger partial charge in [-0.3, -0.25) is 9.52 Å². The quantitative estimate of drug-likeness (QED) is 0.810. The number of anilines is 1. The summed E-state index contributed by atoms with van der Waals surface area (Å²) < 4.78 is 33.3. The summed E-state index contributed by atoms with van der Waals surface area (Å²) in [6.45, 7) is 7.37. The van der Waals surface area contributed by atoms with Crippen molar-refractivity contribution < 1.29 is 17.9 Å². The SMILES string of the molecule is COc1ccc(S(=O)(=O)Nc2cc(C)ccc2C)cc1C(=O)NC(C)C. The van der Waals surface area contributed by atoms with Gasteiger partial charge in [-0.05, 0) is 63.1 Å². The Morgan fingerprint density at radius 2 is 1.77 bits per heavy atom. The molecule has 0 aromatic heterocycles. The lowest BCUT2D eigenvalue weighted by Crippen LogP contribution is -2.30. The highest BCUT2D eigenvalue weighted by Crippen LogP contribution is 2.25. The van der Waals surface area contributed by atoms with Crippen molar-refractivity contribution in [1.29, 1.82) is 0 Å². The van der Waals surface area contributed by atoms with Gasteiger partial charge in [-0.15, -0.1) is 0 Å². The van der Waals surface area contributed by atoms with Gasteiger partial charge in [-0.25, -0.2) is 8.42 Å². The van der Waals surface area contributed by atoms with E-state index in [9.17, 15) is 13.2 Å². The Morgan fingerprint density at radius 1 is 1.08 bits per heavy atom. The predicted molar refractivity (Wildman–Crippen MR) is 102 cm³/mol. The fraction of sp³-hybridized carbons (Fsp3) is 0.316. The van der Waals surface area contributed by atoms with Crippen molar-refractivity contribution in [3.63, 3.8) is 0 Å². The van der Waals surface area contributed by atoms with Crippen LogP contribution in [0, 0.1) is 13.8 Å². The average Bonchev–Trinajstić information content (AvgIpc) is 2.56. The van der Waals surface area contributed by atoms with Crippen molar-refractivity contribution >= 4 is 21.6 Å². The minimum atomic E-state index is -3.85. The van der Waals surface area contributed by atoms with Gasteiger partial charge in [0.15, 0.2) is 0 Å². The average molecular weight is 376 g/mol. The number of carbonyl (C=O) groups is 1. The normalized spacial score (nSPS) is 11.3. The van der Waals surface area contributed by atoms with Crippen molar-refractivity contribution in [1.82, 2.24) is 5.32 Å². The van der Waals surface area contributed by atoms with Crippen molar-refractivity contribution in [3.8, 4) is 5.75 Å². The highest BCUT2D eigenvalue weighted by atomic mass is 32.2. The van der Waals surface area contributed by atoms with E-state index in [1.165, 1.54) is 25.3 Å². The number of carbonyl (C=O) groups excluding carboxylic acids is 1. The van der Waals surface area contributed by atoms with Gasteiger partial charge in [-0.2, -0.15) is 0 Å². The van der Waals surface area contributed by atoms with Gasteiger partial charge in [0.1, 0.15) is 5.75 Å². The van der Waals surface area contributed by atoms with E-state index in [0.717, 1.165) is 11.1 Å². The Labute approximate surface area is 154 Å². The van der Waals surface area contributed by atoms with Crippen LogP contribution in [-0.2, 0) is 10.0 Å². The summed E-state index contributed by atoms with van der Waals surface area (Å²) in [4.78, 5) is 12.4. The molecule has 2 aromatic carbocycles. The topological polar surface area (TPSA) is 84.5 Å². The van der Waals surface area contributed by atoms with Gasteiger partial charge in [-0.1, -0.05) is 12.1 Å². The van der Waals surface area contributed by atoms with Crippen LogP contribution in [0.2, 0.25) is 0 Å². The Balaban J connectivity index is 2.43. The lowest BCUT2D eigenvalue weighted by Gasteiger charge is -2.15. The molecule has 0 aliphatic heterocycles. The number of nitrogens with one attached hydrogen (secondary N) is 2. The van der Waals surface area contributed by atoms with Gasteiger partial charge < -0.3 is 10.1 Å². The van der Waals surface area contributed by atoms with E-state index in [1.807, 2.05) is 39.8 Å². The summed E-state index contributed by atoms with van der Waals surface area (Å²) in [5.41, 5.74) is 2.43. The fourth-order valence-corrected chi connectivity index (χ4v) is 3.57. The van der Waals surface area contributed by atoms with E-state index in [-0.39, 0.29) is 22.4 Å². The third kappa shape index (κ3) is 4.54. The summed E-state index contributed by atoms with van der Waals surface area (Å²) >= 11 is 0. The van der Waals surface area contributed by atoms with Crippen LogP contribution >= 0.6 is 0 Å². The molecule has 2 rings (SSSR count). The summed E-state index contributed by atoms with van der Waals surface area (Å²) in [5.74, 6) is -0.0746. The Kier molecular flexibility index (Phi) is 5.92. The lowest BCUT2D eigenvalue weighted by atomic mass is 10.1. The number of aryl methyl sites for hydroxylation is 2. The standard InChI is InChI=1S/C19H24N2O4S/c1-12(2)20-19(22)16-11-15(8-9-18(16)25-5)26(23,24)21-17-10-13(3)6-7-14(17)4/h6-12,21H,1-5H3,(H,20,22). The van der Waals surface area contributed by atoms with Crippen LogP contribution in [0.5, 0.6) is 5.75 Å². The molecule has 6 nitrogen and oxygen atoms in total. The summed E-state index contributed by atoms with van der Waals surface area (Å²) in [5, 5.41) is 2.74. The van der Waals surface area contributed by atoms with Crippen molar-refractivity contribution in [2.75, 3.05) is 11.8 Å². The number of rotatable bonds is 6. The molecule has 140 valence electrons. The van der Waals surface area contributed by atoms with Crippen molar-refractivity contribution in [2.45, 2.75) is 38.6 Å². The van der Waals surface area contributed by atoms with Gasteiger partial charge in [0.25, 0.3) is 15.9 Å². The zero-order valence-corrected chi connectivity index (χ0v) is 16.4. The molecule has 0 atom stereocenters. The highest BCUT2D eigenvalue weighted by Gasteiger charge is 2.21. The smallest absolute Gasteiger partial charge is 0.261 e. The molecule has 0 saturated carbocycles. The summed E-state index contributed by atoms with van der Waals surface area (Å²) in [6, 6.07) is 9.66. The van der Waals surface area contributed by atoms with Crippen LogP contribution in [0.1, 0.15) is 35.3 Å². The minimum absolute atomic E-state index is 0.00638. The second kappa shape index (κ2) is 7.78. The Morgan fingerprint density at radius 3 is 2.38 bits per heavy atom. The van der Waals surface area contributed by atoms with Gasteiger partial charge in [0.2, 0.25) is 0 Å². The predicted octanol–water partition coefficient (Wildman–Crippen LogP) is 3.25. The number of ether oxygens (including phenoxy) is 1. The number of hydrogen-bond acceptors (Lipinski definition) is 4. The van der Waals surface area contributed by atoms with E-state index in [0.29, 0.717) is 11.4 Å². The number of benzene rings is 2. The number of sulfonamides is 1. The van der Waals surface area contributed by atoms with E-state index in [4.69, 9.17) is 4.74 Å². The molecule has 7 heteroatoms. The second-order valence-corrected chi connectivity index (χ2v) is 8.10. The molecular weight excluding hydrogens is 352 g/mol. The molecule has 0 saturated heterocycles. The van der Waals surface area contributed by atoms with E-state index in [1.54, 1.807) is 6.07 Å². The molecule has 0 aliphatic carbocycles. The van der Waals surface area contributed by atoms with Crippen LogP contribution in [-0.4, -0.2) is 27.5 Å². The zero-order valence-electron chi connectivity index (χ0n) is 15.6. The van der Waals surface area contributed by atoms with Crippen LogP contribution in [0.3, 0.4) is 0 Å². The molecule has 0 heterocycles. The van der Waals surface area contributed by atoms with Gasteiger partial charge >= 0.3 is 0 Å². The molecule has 0 radical (unpaired) electrons. The maximum atomic E-state index is 12.8. The molecular formula is C19H24N2O4S. The Bertz CT molecular complexity index is 921. The van der Waals surface area contributed by atoms with Gasteiger partial charge in [0.05, 0.1) is 23.3 Å². The van der Waals surface area contributed by atoms with E-state index < -0.39 is 10.0 Å². The molecule has 26 heavy (non-hydrogen) atoms. The van der Waals surface area contributed by atoms with E-state index in [2.05, 4.69) is 10.0 Å². The number of amides is 1. The van der Waals surface area contributed by atoms with Crippen molar-refractivity contribution in [3.05, 3.63) is 53.1 Å². The van der Waals surface area contributed by atoms with Crippen LogP contribution in [0.15, 0.2) is 41.3 Å². The molecule has 2 aromatic rings. The second-order valence-electron chi connectivity index (χ2n) is 6.41. The molecule has 0 spiro atoms. The first-order chi connectivity index (χ1) is 12.1. The first-order valence-corrected chi connectivity index (χ1v) is 9.71. The van der Waals surface area contributed by atoms with Crippen LogP contribution < -0.4 is 14.8 Å². The molecule has 2 N–H and O–H groups in total. The third-order valence-corrected chi connectivity index (χ3v) is 5.15. The van der Waals surface area contributed by atoms with Crippen LogP contribution in [0.4, 0.5) is 5.69 Å². The monoisotopic (exact) mass is 376 g/mol. The molecule has 0 fully saturated rings. The highest BCUT2D eigenvalue weighted by molar-refractivity contribution is 7.92. The number of hydrogen-bond donors (Lipinski definition) is 2. The minimum Gasteiger partial charge on any atom is -0.496 e. The van der Waals surface area contributed by atoms with E-state index >= 15 is 0 Å². The molecule has 0 aliphatic rings. The summed E-state index contributed by atoms with van der Waals surface area (Å²) in [7, 11) is -2.41. The zero-order chi connectivity index (χ0) is 19.5. The van der Waals surface area contributed by atoms with Crippen molar-refractivity contribution in [2.24, 2.45) is 0 Å².